The molecule has 0 saturated carbocycles. The first-order chi connectivity index (χ1) is 9.84. The fourth-order valence-electron chi connectivity index (χ4n) is 3.10. The first-order valence-corrected chi connectivity index (χ1v) is 7.04. The predicted molar refractivity (Wildman–Crippen MR) is 74.9 cm³/mol. The highest BCUT2D eigenvalue weighted by atomic mass is 19.4. The van der Waals surface area contributed by atoms with E-state index in [0.717, 1.165) is 12.0 Å². The van der Waals surface area contributed by atoms with Gasteiger partial charge in [0.15, 0.2) is 0 Å². The molecule has 2 aliphatic heterocycles. The normalized spacial score (nSPS) is 26.6. The molecule has 1 aromatic rings. The molecule has 2 bridgehead atoms. The summed E-state index contributed by atoms with van der Waals surface area (Å²) < 4.78 is 44.4. The Bertz CT molecular complexity index is 579. The zero-order valence-corrected chi connectivity index (χ0v) is 12.1. The van der Waals surface area contributed by atoms with Crippen molar-refractivity contribution in [3.05, 3.63) is 41.0 Å². The average molecular weight is 297 g/mol. The first-order valence-electron chi connectivity index (χ1n) is 7.04. The molecule has 2 atom stereocenters. The Balaban J connectivity index is 1.99. The van der Waals surface area contributed by atoms with Crippen molar-refractivity contribution in [2.45, 2.75) is 31.6 Å². The molecule has 5 heteroatoms. The Morgan fingerprint density at radius 3 is 2.62 bits per heavy atom. The summed E-state index contributed by atoms with van der Waals surface area (Å²) in [5, 5.41) is 0. The molecular weight excluding hydrogens is 279 g/mol. The molecule has 2 heterocycles. The average Bonchev–Trinajstić information content (AvgIpc) is 2.36. The maximum Gasteiger partial charge on any atom is 0.416 e. The number of likely N-dealkylation sites (N-methyl/N-ethyl adjacent to an activating group) is 1. The fourth-order valence-corrected chi connectivity index (χ4v) is 3.10. The molecule has 21 heavy (non-hydrogen) atoms. The van der Waals surface area contributed by atoms with Gasteiger partial charge in [-0.1, -0.05) is 12.1 Å². The van der Waals surface area contributed by atoms with Crippen LogP contribution in [0.5, 0.6) is 0 Å². The second-order valence-electron chi connectivity index (χ2n) is 5.91. The molecule has 3 rings (SSSR count). The van der Waals surface area contributed by atoms with Gasteiger partial charge in [0.05, 0.1) is 24.8 Å². The molecular formula is C16H18F3NO. The largest absolute Gasteiger partial charge is 0.416 e. The summed E-state index contributed by atoms with van der Waals surface area (Å²) in [7, 11) is 2.04. The molecule has 2 unspecified atom stereocenters. The third kappa shape index (κ3) is 2.85. The summed E-state index contributed by atoms with van der Waals surface area (Å²) in [6.45, 7) is 2.95. The van der Waals surface area contributed by atoms with Gasteiger partial charge in [0.2, 0.25) is 0 Å². The molecule has 0 N–H and O–H groups in total. The van der Waals surface area contributed by atoms with E-state index < -0.39 is 11.7 Å². The van der Waals surface area contributed by atoms with Crippen LogP contribution in [0.3, 0.4) is 0 Å². The number of ether oxygens (including phenoxy) is 1. The highest BCUT2D eigenvalue weighted by Gasteiger charge is 2.34. The van der Waals surface area contributed by atoms with Gasteiger partial charge >= 0.3 is 6.18 Å². The zero-order valence-electron chi connectivity index (χ0n) is 12.1. The molecule has 0 radical (unpaired) electrons. The molecule has 2 nitrogen and oxygen atoms in total. The smallest absolute Gasteiger partial charge is 0.378 e. The second-order valence-corrected chi connectivity index (χ2v) is 5.91. The van der Waals surface area contributed by atoms with Crippen molar-refractivity contribution >= 4 is 5.57 Å². The van der Waals surface area contributed by atoms with E-state index in [1.807, 2.05) is 19.2 Å². The van der Waals surface area contributed by atoms with Crippen LogP contribution in [0.25, 0.3) is 5.57 Å². The fraction of sp³-hybridized carbons (Fsp3) is 0.500. The minimum atomic E-state index is -4.30. The van der Waals surface area contributed by atoms with Crippen molar-refractivity contribution in [2.75, 3.05) is 20.3 Å². The van der Waals surface area contributed by atoms with Gasteiger partial charge in [-0.15, -0.1) is 0 Å². The van der Waals surface area contributed by atoms with Crippen LogP contribution in [-0.2, 0) is 10.9 Å². The number of alkyl halides is 3. The summed E-state index contributed by atoms with van der Waals surface area (Å²) in [4.78, 5) is 2.24. The van der Waals surface area contributed by atoms with Crippen molar-refractivity contribution in [3.63, 3.8) is 0 Å². The molecule has 1 saturated heterocycles. The standard InChI is InChI=1S/C16H18F3NO/c1-10-3-11(5-13(4-10)16(17,18)19)12-6-14-8-21-9-15(7-12)20(14)2/h3-6,14-15H,7-9H2,1-2H3. The lowest BCUT2D eigenvalue weighted by atomic mass is 9.89. The molecule has 1 aromatic carbocycles. The summed E-state index contributed by atoms with van der Waals surface area (Å²) in [5.74, 6) is 0. The van der Waals surface area contributed by atoms with Gasteiger partial charge in [-0.25, -0.2) is 0 Å². The van der Waals surface area contributed by atoms with Crippen LogP contribution in [0.2, 0.25) is 0 Å². The van der Waals surface area contributed by atoms with Crippen LogP contribution in [0.4, 0.5) is 13.2 Å². The Kier molecular flexibility index (Phi) is 3.58. The molecule has 2 aliphatic rings. The monoisotopic (exact) mass is 297 g/mol. The highest BCUT2D eigenvalue weighted by Crippen LogP contribution is 2.36. The topological polar surface area (TPSA) is 12.5 Å². The minimum absolute atomic E-state index is 0.155. The van der Waals surface area contributed by atoms with Gasteiger partial charge in [0.1, 0.15) is 0 Å². The molecule has 0 aliphatic carbocycles. The van der Waals surface area contributed by atoms with Gasteiger partial charge in [-0.2, -0.15) is 13.2 Å². The van der Waals surface area contributed by atoms with Crippen molar-refractivity contribution in [1.29, 1.82) is 0 Å². The van der Waals surface area contributed by atoms with Crippen LogP contribution in [0, 0.1) is 6.92 Å². The quantitative estimate of drug-likeness (QED) is 0.786. The van der Waals surface area contributed by atoms with Crippen molar-refractivity contribution < 1.29 is 17.9 Å². The maximum atomic E-state index is 13.0. The zero-order chi connectivity index (χ0) is 15.2. The van der Waals surface area contributed by atoms with Gasteiger partial charge in [-0.05, 0) is 49.2 Å². The van der Waals surface area contributed by atoms with Crippen LogP contribution >= 0.6 is 0 Å². The number of nitrogens with zero attached hydrogens (tertiary/aromatic N) is 1. The highest BCUT2D eigenvalue weighted by molar-refractivity contribution is 5.69. The van der Waals surface area contributed by atoms with Crippen LogP contribution in [-0.4, -0.2) is 37.2 Å². The number of benzene rings is 1. The third-order valence-corrected chi connectivity index (χ3v) is 4.32. The summed E-state index contributed by atoms with van der Waals surface area (Å²) in [6.07, 6.45) is -1.52. The van der Waals surface area contributed by atoms with E-state index in [1.54, 1.807) is 6.92 Å². The van der Waals surface area contributed by atoms with Crippen LogP contribution < -0.4 is 0 Å². The number of fused-ring (bicyclic) bond motifs is 2. The molecule has 1 fully saturated rings. The van der Waals surface area contributed by atoms with E-state index in [4.69, 9.17) is 4.74 Å². The lowest BCUT2D eigenvalue weighted by Gasteiger charge is -2.42. The van der Waals surface area contributed by atoms with E-state index >= 15 is 0 Å². The molecule has 0 spiro atoms. The Morgan fingerprint density at radius 1 is 1.19 bits per heavy atom. The van der Waals surface area contributed by atoms with E-state index in [1.165, 1.54) is 12.1 Å². The first kappa shape index (κ1) is 14.6. The van der Waals surface area contributed by atoms with Gasteiger partial charge in [0.25, 0.3) is 0 Å². The number of morpholine rings is 1. The molecule has 0 amide bonds. The summed E-state index contributed by atoms with van der Waals surface area (Å²) >= 11 is 0. The number of hydrogen-bond donors (Lipinski definition) is 0. The van der Waals surface area contributed by atoms with Crippen molar-refractivity contribution in [1.82, 2.24) is 4.90 Å². The lowest BCUT2D eigenvalue weighted by molar-refractivity contribution is -0.137. The van der Waals surface area contributed by atoms with Gasteiger partial charge in [0, 0.05) is 6.04 Å². The minimum Gasteiger partial charge on any atom is -0.378 e. The second kappa shape index (κ2) is 5.14. The van der Waals surface area contributed by atoms with Crippen LogP contribution in [0.15, 0.2) is 24.3 Å². The number of aryl methyl sites for hydroxylation is 1. The van der Waals surface area contributed by atoms with E-state index in [2.05, 4.69) is 4.90 Å². The Labute approximate surface area is 122 Å². The lowest BCUT2D eigenvalue weighted by Crippen LogP contribution is -2.51. The number of hydrogen-bond acceptors (Lipinski definition) is 2. The van der Waals surface area contributed by atoms with Gasteiger partial charge in [-0.3, -0.25) is 4.90 Å². The number of halogens is 3. The summed E-state index contributed by atoms with van der Waals surface area (Å²) in [5.41, 5.74) is 1.76. The third-order valence-electron chi connectivity index (χ3n) is 4.32. The number of rotatable bonds is 1. The summed E-state index contributed by atoms with van der Waals surface area (Å²) in [6, 6.07) is 4.70. The van der Waals surface area contributed by atoms with Crippen molar-refractivity contribution in [2.24, 2.45) is 0 Å². The SMILES string of the molecule is Cc1cc(C2=CC3COCC(C2)N3C)cc(C(F)(F)F)c1. The molecule has 114 valence electrons. The van der Waals surface area contributed by atoms with E-state index in [-0.39, 0.29) is 12.1 Å². The van der Waals surface area contributed by atoms with Gasteiger partial charge < -0.3 is 4.74 Å². The Morgan fingerprint density at radius 2 is 1.95 bits per heavy atom. The van der Waals surface area contributed by atoms with Crippen molar-refractivity contribution in [3.8, 4) is 0 Å². The van der Waals surface area contributed by atoms with E-state index in [9.17, 15) is 13.2 Å². The Hall–Kier alpha value is -1.33. The van der Waals surface area contributed by atoms with Crippen LogP contribution in [0.1, 0.15) is 23.1 Å². The maximum absolute atomic E-state index is 13.0. The predicted octanol–water partition coefficient (Wildman–Crippen LogP) is 3.50. The van der Waals surface area contributed by atoms with E-state index in [0.29, 0.717) is 24.3 Å². The molecule has 0 aromatic heterocycles.